The lowest BCUT2D eigenvalue weighted by Crippen LogP contribution is -2.13. The third-order valence-electron chi connectivity index (χ3n) is 4.12. The van der Waals surface area contributed by atoms with Gasteiger partial charge in [0.15, 0.2) is 0 Å². The first kappa shape index (κ1) is 25.8. The van der Waals surface area contributed by atoms with E-state index < -0.39 is 19.9 Å². The maximum absolute atomic E-state index is 13.3. The van der Waals surface area contributed by atoms with E-state index >= 15 is 0 Å². The van der Waals surface area contributed by atoms with E-state index in [1.54, 1.807) is 6.92 Å². The molecule has 2 radical (unpaired) electrons. The van der Waals surface area contributed by atoms with Gasteiger partial charge in [0, 0.05) is 0 Å². The monoisotopic (exact) mass is 480 g/mol. The van der Waals surface area contributed by atoms with Crippen LogP contribution in [0.25, 0.3) is 0 Å². The highest BCUT2D eigenvalue weighted by atomic mass is 32.7. The van der Waals surface area contributed by atoms with E-state index in [0.717, 1.165) is 42.0 Å². The Morgan fingerprint density at radius 3 is 2.12 bits per heavy atom. The summed E-state index contributed by atoms with van der Waals surface area (Å²) in [4.78, 5) is 18.9. The summed E-state index contributed by atoms with van der Waals surface area (Å²) in [6, 6.07) is 0. The van der Waals surface area contributed by atoms with Crippen LogP contribution >= 0.6 is 42.6 Å². The average molecular weight is 480 g/mol. The van der Waals surface area contributed by atoms with Gasteiger partial charge in [0.25, 0.3) is 13.1 Å². The molecule has 0 aliphatic heterocycles. The van der Waals surface area contributed by atoms with E-state index in [0.29, 0.717) is 24.0 Å². The molecule has 0 aromatic heterocycles. The van der Waals surface area contributed by atoms with Gasteiger partial charge in [0.2, 0.25) is 0 Å². The Balaban J connectivity index is 2.88. The summed E-state index contributed by atoms with van der Waals surface area (Å²) in [6.07, 6.45) is 2.74. The van der Waals surface area contributed by atoms with Crippen LogP contribution in [0.3, 0.4) is 0 Å². The van der Waals surface area contributed by atoms with Crippen LogP contribution in [0.5, 0.6) is 0 Å². The number of hydrogen-bond donors (Lipinski definition) is 2. The molecule has 1 saturated carbocycles. The molecule has 26 heavy (non-hydrogen) atoms. The minimum absolute atomic E-state index is 0.131. The smallest absolute Gasteiger partial charge is 0.324 e. The fraction of sp³-hybridized carbons (Fsp3) is 1.00. The van der Waals surface area contributed by atoms with Gasteiger partial charge in [0.1, 0.15) is 5.90 Å². The molecule has 0 aromatic rings. The first-order valence-electron chi connectivity index (χ1n) is 8.60. The van der Waals surface area contributed by atoms with Gasteiger partial charge < -0.3 is 14.3 Å². The molecule has 0 saturated heterocycles. The number of hydrogen-bond acceptors (Lipinski definition) is 7. The normalized spacial score (nSPS) is 28.6. The molecule has 5 atom stereocenters. The second-order valence-corrected chi connectivity index (χ2v) is 19.7. The molecule has 1 rings (SSSR count). The first-order chi connectivity index (χ1) is 12.0. The summed E-state index contributed by atoms with van der Waals surface area (Å²) < 4.78 is 37.0. The van der Waals surface area contributed by atoms with Crippen molar-refractivity contribution < 1.29 is 27.8 Å². The third kappa shape index (κ3) is 9.03. The second-order valence-electron chi connectivity index (χ2n) is 6.23. The first-order valence-corrected chi connectivity index (χ1v) is 18.0. The van der Waals surface area contributed by atoms with E-state index in [1.165, 1.54) is 0 Å². The van der Waals surface area contributed by atoms with Gasteiger partial charge in [-0.1, -0.05) is 68.6 Å². The van der Waals surface area contributed by atoms with Crippen molar-refractivity contribution >= 4 is 62.3 Å². The van der Waals surface area contributed by atoms with Crippen molar-refractivity contribution in [2.75, 3.05) is 24.0 Å². The lowest BCUT2D eigenvalue weighted by atomic mass is 9.85. The summed E-state index contributed by atoms with van der Waals surface area (Å²) in [6.45, 7) is -5.16. The van der Waals surface area contributed by atoms with Crippen molar-refractivity contribution in [3.63, 3.8) is 0 Å². The molecule has 6 nitrogen and oxygen atoms in total. The van der Waals surface area contributed by atoms with Gasteiger partial charge in [0.05, 0.1) is 14.5 Å². The Morgan fingerprint density at radius 1 is 1.08 bits per heavy atom. The highest BCUT2D eigenvalue weighted by Gasteiger charge is 2.41. The van der Waals surface area contributed by atoms with Crippen molar-refractivity contribution in [3.05, 3.63) is 0 Å². The van der Waals surface area contributed by atoms with Crippen molar-refractivity contribution in [1.82, 2.24) is 0 Å². The molecular weight excluding hydrogens is 452 g/mol. The quantitative estimate of drug-likeness (QED) is 0.279. The largest absolute Gasteiger partial charge is 0.328 e. The molecule has 2 unspecified atom stereocenters. The summed E-state index contributed by atoms with van der Waals surface area (Å²) >= 11 is 6.47. The summed E-state index contributed by atoms with van der Waals surface area (Å²) in [7, 11) is 6.04. The molecule has 13 heteroatoms. The molecular formula is C13H28BO6P3S3. The van der Waals surface area contributed by atoms with Crippen LogP contribution in [0.15, 0.2) is 0 Å². The zero-order chi connectivity index (χ0) is 20.0. The molecule has 0 heterocycles. The molecule has 1 fully saturated rings. The molecule has 0 amide bonds. The second kappa shape index (κ2) is 11.2. The highest BCUT2D eigenvalue weighted by Crippen LogP contribution is 2.77. The van der Waals surface area contributed by atoms with E-state index in [-0.39, 0.29) is 17.6 Å². The van der Waals surface area contributed by atoms with Gasteiger partial charge in [-0.2, -0.15) is 0 Å². The van der Waals surface area contributed by atoms with E-state index in [2.05, 4.69) is 18.7 Å². The Labute approximate surface area is 171 Å². The van der Waals surface area contributed by atoms with Crippen LogP contribution in [-0.2, 0) is 29.8 Å². The van der Waals surface area contributed by atoms with Gasteiger partial charge in [-0.15, -0.1) is 0 Å². The molecule has 0 aromatic carbocycles. The minimum atomic E-state index is -4.14. The Hall–Kier alpha value is 1.71. The molecule has 1 aliphatic rings. The molecule has 0 bridgehead atoms. The summed E-state index contributed by atoms with van der Waals surface area (Å²) in [5.41, 5.74) is 0. The predicted octanol–water partition coefficient (Wildman–Crippen LogP) is 5.47. The van der Waals surface area contributed by atoms with Crippen molar-refractivity contribution in [1.29, 1.82) is 0 Å². The molecule has 152 valence electrons. The van der Waals surface area contributed by atoms with Crippen LogP contribution in [0.4, 0.5) is 0 Å². The fourth-order valence-corrected chi connectivity index (χ4v) is 19.5. The minimum Gasteiger partial charge on any atom is -0.324 e. The summed E-state index contributed by atoms with van der Waals surface area (Å²) in [5.74, 6) is 1.33. The molecule has 0 spiro atoms. The van der Waals surface area contributed by atoms with E-state index in [1.807, 2.05) is 6.92 Å². The van der Waals surface area contributed by atoms with Crippen LogP contribution < -0.4 is 0 Å². The van der Waals surface area contributed by atoms with Gasteiger partial charge >= 0.3 is 6.72 Å². The third-order valence-corrected chi connectivity index (χ3v) is 18.1. The van der Waals surface area contributed by atoms with Crippen molar-refractivity contribution in [3.8, 4) is 0 Å². The Kier molecular flexibility index (Phi) is 11.1. The zero-order valence-electron chi connectivity index (χ0n) is 15.4. The molecule has 2 N–H and O–H groups in total. The maximum atomic E-state index is 13.3. The lowest BCUT2D eigenvalue weighted by Gasteiger charge is -2.26. The Morgan fingerprint density at radius 2 is 1.62 bits per heavy atom. The Bertz CT molecular complexity index is 589. The topological polar surface area (TPSA) is 93.1 Å². The lowest BCUT2D eigenvalue weighted by molar-refractivity contribution is 0.219. The van der Waals surface area contributed by atoms with E-state index in [4.69, 9.17) is 16.7 Å². The van der Waals surface area contributed by atoms with Crippen LogP contribution in [0.2, 0.25) is 5.82 Å². The number of rotatable bonds is 12. The van der Waals surface area contributed by atoms with Crippen LogP contribution in [0, 0.1) is 11.8 Å². The SMILES string of the molecule is [B][C@H]1C[C@@H](CC)[C@@H](COP(=O)(CP(=O)(OP(O)(O)=S)SCC)SCC)C1. The van der Waals surface area contributed by atoms with Crippen LogP contribution in [0.1, 0.15) is 40.0 Å². The van der Waals surface area contributed by atoms with Gasteiger partial charge in [-0.05, 0) is 35.1 Å². The molecule has 1 aliphatic carbocycles. The average Bonchev–Trinajstić information content (AvgIpc) is 2.83. The standard InChI is InChI=1S/C13H28BO6P3S3/c1-4-11-7-13(14)8-12(11)9-19-21(15,25-5-2)10-22(16,26-6-3)20-23(17,18)24/h11-13H,4-10H2,1-3H3,(H2,17,18,24)/t11-,12-,13+,21?,22?/m1/s1. The van der Waals surface area contributed by atoms with Crippen molar-refractivity contribution in [2.24, 2.45) is 11.8 Å². The van der Waals surface area contributed by atoms with Crippen molar-refractivity contribution in [2.45, 2.75) is 45.9 Å². The zero-order valence-corrected chi connectivity index (χ0v) is 20.5. The van der Waals surface area contributed by atoms with Crippen LogP contribution in [-0.4, -0.2) is 41.6 Å². The predicted molar refractivity (Wildman–Crippen MR) is 118 cm³/mol. The maximum Gasteiger partial charge on any atom is 0.328 e. The fourth-order valence-electron chi connectivity index (χ4n) is 3.15. The van der Waals surface area contributed by atoms with E-state index in [9.17, 15) is 18.9 Å². The van der Waals surface area contributed by atoms with Gasteiger partial charge in [-0.25, -0.2) is 4.31 Å². The highest BCUT2D eigenvalue weighted by molar-refractivity contribution is 8.63. The summed E-state index contributed by atoms with van der Waals surface area (Å²) in [5, 5.41) is 0. The van der Waals surface area contributed by atoms with Gasteiger partial charge in [-0.3, -0.25) is 9.13 Å².